The number of ether oxygens (including phenoxy) is 1. The number of hydrogen-bond acceptors (Lipinski definition) is 6. The average molecular weight is 571 g/mol. The van der Waals surface area contributed by atoms with E-state index in [0.29, 0.717) is 20.8 Å². The van der Waals surface area contributed by atoms with Crippen LogP contribution in [0.1, 0.15) is 28.1 Å². The number of carbonyl (C=O) groups excluding carboxylic acids is 2. The van der Waals surface area contributed by atoms with Gasteiger partial charge in [0.25, 0.3) is 5.91 Å². The molecule has 39 heavy (non-hydrogen) atoms. The van der Waals surface area contributed by atoms with Gasteiger partial charge in [-0.15, -0.1) is 11.3 Å². The largest absolute Gasteiger partial charge is 0.453 e. The van der Waals surface area contributed by atoms with Crippen molar-refractivity contribution < 1.29 is 27.5 Å². The normalized spacial score (nSPS) is 12.9. The second-order valence-corrected chi connectivity index (χ2v) is 10.2. The molecule has 1 fully saturated rings. The Morgan fingerprint density at radius 2 is 1.74 bits per heavy atom. The number of likely N-dealkylation sites (tertiary alicyclic amines) is 1. The monoisotopic (exact) mass is 570 g/mol. The molecule has 12 heteroatoms. The standard InChI is InChI=1S/C27H21F3N4O3S2/c28-17-4-3-5-18(29)16(17)13-24(35)33-27(38)32-15-6-7-21(19(30)12-15)37-22-8-9-31-20-14-23(39-25(20)22)26(36)34-10-1-2-11-34/h3-9,12,14H,1-2,10-11,13H2,(H2,32,33,35,38). The molecular formula is C27H21F3N4O3S2. The van der Waals surface area contributed by atoms with Crippen LogP contribution in [0.15, 0.2) is 54.7 Å². The maximum atomic E-state index is 14.9. The smallest absolute Gasteiger partial charge is 0.264 e. The number of pyridine rings is 1. The average Bonchev–Trinajstić information content (AvgIpc) is 3.58. The predicted octanol–water partition coefficient (Wildman–Crippen LogP) is 5.80. The lowest BCUT2D eigenvalue weighted by atomic mass is 10.1. The number of fused-ring (bicyclic) bond motifs is 1. The number of nitrogens with zero attached hydrogens (tertiary/aromatic N) is 2. The van der Waals surface area contributed by atoms with E-state index in [1.54, 1.807) is 12.1 Å². The van der Waals surface area contributed by atoms with Gasteiger partial charge in [-0.25, -0.2) is 13.2 Å². The summed E-state index contributed by atoms with van der Waals surface area (Å²) in [6, 6.07) is 10.6. The maximum Gasteiger partial charge on any atom is 0.264 e. The highest BCUT2D eigenvalue weighted by atomic mass is 32.1. The molecule has 3 heterocycles. The van der Waals surface area contributed by atoms with Crippen molar-refractivity contribution in [2.45, 2.75) is 19.3 Å². The molecule has 0 bridgehead atoms. The van der Waals surface area contributed by atoms with Crippen molar-refractivity contribution in [3.8, 4) is 11.5 Å². The molecule has 1 aliphatic heterocycles. The van der Waals surface area contributed by atoms with Crippen molar-refractivity contribution in [1.82, 2.24) is 15.2 Å². The summed E-state index contributed by atoms with van der Waals surface area (Å²) in [6.07, 6.45) is 2.93. The lowest BCUT2D eigenvalue weighted by Crippen LogP contribution is -2.35. The molecule has 7 nitrogen and oxygen atoms in total. The zero-order valence-electron chi connectivity index (χ0n) is 20.3. The van der Waals surface area contributed by atoms with Crippen LogP contribution in [0.3, 0.4) is 0 Å². The van der Waals surface area contributed by atoms with Gasteiger partial charge in [-0.05, 0) is 55.4 Å². The van der Waals surface area contributed by atoms with Gasteiger partial charge in [0.05, 0.1) is 21.5 Å². The topological polar surface area (TPSA) is 83.6 Å². The number of thiophene rings is 1. The first kappa shape index (κ1) is 26.6. The van der Waals surface area contributed by atoms with Crippen LogP contribution in [0.25, 0.3) is 10.2 Å². The first-order valence-corrected chi connectivity index (χ1v) is 13.2. The van der Waals surface area contributed by atoms with Gasteiger partial charge in [0, 0.05) is 42.7 Å². The third-order valence-corrected chi connectivity index (χ3v) is 7.37. The van der Waals surface area contributed by atoms with Gasteiger partial charge in [-0.3, -0.25) is 14.6 Å². The van der Waals surface area contributed by atoms with Crippen molar-refractivity contribution in [1.29, 1.82) is 0 Å². The van der Waals surface area contributed by atoms with Crippen LogP contribution in [0.5, 0.6) is 11.5 Å². The van der Waals surface area contributed by atoms with Crippen LogP contribution in [0, 0.1) is 17.5 Å². The third kappa shape index (κ3) is 6.02. The SMILES string of the molecule is O=C(Cc1c(F)cccc1F)NC(=S)Nc1ccc(Oc2ccnc3cc(C(=O)N4CCCC4)sc23)c(F)c1. The van der Waals surface area contributed by atoms with E-state index in [9.17, 15) is 22.8 Å². The summed E-state index contributed by atoms with van der Waals surface area (Å²) in [4.78, 5) is 31.6. The quantitative estimate of drug-likeness (QED) is 0.285. The number of amides is 2. The molecule has 5 rings (SSSR count). The molecule has 0 aliphatic carbocycles. The number of nitrogens with one attached hydrogen (secondary N) is 2. The molecule has 2 aromatic heterocycles. The molecule has 4 aromatic rings. The van der Waals surface area contributed by atoms with E-state index in [-0.39, 0.29) is 28.0 Å². The molecule has 0 atom stereocenters. The molecule has 0 radical (unpaired) electrons. The Kier molecular flexibility index (Phi) is 7.75. The summed E-state index contributed by atoms with van der Waals surface area (Å²) in [5, 5.41) is 4.80. The lowest BCUT2D eigenvalue weighted by Gasteiger charge is -2.13. The Bertz CT molecular complexity index is 1570. The summed E-state index contributed by atoms with van der Waals surface area (Å²) in [7, 11) is 0. The van der Waals surface area contributed by atoms with Gasteiger partial charge >= 0.3 is 0 Å². The van der Waals surface area contributed by atoms with Gasteiger partial charge in [-0.1, -0.05) is 6.07 Å². The summed E-state index contributed by atoms with van der Waals surface area (Å²) in [5.41, 5.74) is 0.417. The Morgan fingerprint density at radius 3 is 2.46 bits per heavy atom. The van der Waals surface area contributed by atoms with Gasteiger partial charge < -0.3 is 20.3 Å². The summed E-state index contributed by atoms with van der Waals surface area (Å²) >= 11 is 6.32. The Hall–Kier alpha value is -4.03. The molecule has 1 saturated heterocycles. The Balaban J connectivity index is 1.24. The van der Waals surface area contributed by atoms with Crippen molar-refractivity contribution in [3.63, 3.8) is 0 Å². The van der Waals surface area contributed by atoms with E-state index >= 15 is 0 Å². The van der Waals surface area contributed by atoms with E-state index in [2.05, 4.69) is 15.6 Å². The highest BCUT2D eigenvalue weighted by Crippen LogP contribution is 2.36. The number of halogens is 3. The van der Waals surface area contributed by atoms with Crippen molar-refractivity contribution in [2.75, 3.05) is 18.4 Å². The van der Waals surface area contributed by atoms with Crippen LogP contribution in [-0.4, -0.2) is 39.9 Å². The number of rotatable bonds is 6. The van der Waals surface area contributed by atoms with Crippen LogP contribution >= 0.6 is 23.6 Å². The van der Waals surface area contributed by atoms with Gasteiger partial charge in [-0.2, -0.15) is 0 Å². The van der Waals surface area contributed by atoms with E-state index < -0.39 is 29.8 Å². The van der Waals surface area contributed by atoms with E-state index in [0.717, 1.165) is 44.1 Å². The van der Waals surface area contributed by atoms with Crippen molar-refractivity contribution in [3.05, 3.63) is 82.6 Å². The zero-order chi connectivity index (χ0) is 27.5. The summed E-state index contributed by atoms with van der Waals surface area (Å²) in [6.45, 7) is 1.46. The van der Waals surface area contributed by atoms with Crippen LogP contribution in [-0.2, 0) is 11.2 Å². The van der Waals surface area contributed by atoms with Crippen LogP contribution in [0.2, 0.25) is 0 Å². The van der Waals surface area contributed by atoms with Gasteiger partial charge in [0.15, 0.2) is 16.7 Å². The van der Waals surface area contributed by atoms with Crippen LogP contribution in [0.4, 0.5) is 18.9 Å². The van der Waals surface area contributed by atoms with Gasteiger partial charge in [0.1, 0.15) is 17.4 Å². The summed E-state index contributed by atoms with van der Waals surface area (Å²) < 4.78 is 48.9. The molecule has 0 spiro atoms. The minimum atomic E-state index is -0.842. The Morgan fingerprint density at radius 1 is 1.00 bits per heavy atom. The predicted molar refractivity (Wildman–Crippen MR) is 146 cm³/mol. The zero-order valence-corrected chi connectivity index (χ0v) is 21.9. The maximum absolute atomic E-state index is 14.9. The Labute approximate surface area is 230 Å². The second kappa shape index (κ2) is 11.4. The number of aromatic nitrogens is 1. The fourth-order valence-electron chi connectivity index (χ4n) is 4.15. The fourth-order valence-corrected chi connectivity index (χ4v) is 5.42. The molecule has 0 unspecified atom stereocenters. The first-order valence-electron chi connectivity index (χ1n) is 12.0. The third-order valence-electron chi connectivity index (χ3n) is 6.04. The highest BCUT2D eigenvalue weighted by molar-refractivity contribution is 7.80. The first-order chi connectivity index (χ1) is 18.8. The second-order valence-electron chi connectivity index (χ2n) is 8.76. The van der Waals surface area contributed by atoms with E-state index in [1.165, 1.54) is 35.7 Å². The molecule has 2 N–H and O–H groups in total. The molecule has 2 amide bonds. The van der Waals surface area contributed by atoms with E-state index in [1.807, 2.05) is 4.90 Å². The molecular weight excluding hydrogens is 549 g/mol. The van der Waals surface area contributed by atoms with E-state index in [4.69, 9.17) is 17.0 Å². The molecule has 1 aliphatic rings. The van der Waals surface area contributed by atoms with Crippen molar-refractivity contribution in [2.24, 2.45) is 0 Å². The number of anilines is 1. The lowest BCUT2D eigenvalue weighted by molar-refractivity contribution is -0.119. The number of thiocarbonyl (C=S) groups is 1. The minimum Gasteiger partial charge on any atom is -0.453 e. The molecule has 0 saturated carbocycles. The number of hydrogen-bond donors (Lipinski definition) is 2. The van der Waals surface area contributed by atoms with Gasteiger partial charge in [0.2, 0.25) is 5.91 Å². The fraction of sp³-hybridized carbons (Fsp3) is 0.185. The minimum absolute atomic E-state index is 0.0508. The van der Waals surface area contributed by atoms with Crippen molar-refractivity contribution >= 4 is 56.4 Å². The summed E-state index contributed by atoms with van der Waals surface area (Å²) in [5.74, 6) is -2.90. The van der Waals surface area contributed by atoms with Crippen LogP contribution < -0.4 is 15.4 Å². The number of benzene rings is 2. The molecule has 2 aromatic carbocycles. The highest BCUT2D eigenvalue weighted by Gasteiger charge is 2.23. The number of carbonyl (C=O) groups is 2. The molecule has 200 valence electrons.